The highest BCUT2D eigenvalue weighted by atomic mass is 16.6. The van der Waals surface area contributed by atoms with Crippen LogP contribution in [0.15, 0.2) is 0 Å². The molecular formula is C14H24N2O2. The molecule has 1 aliphatic rings. The van der Waals surface area contributed by atoms with Gasteiger partial charge in [0.15, 0.2) is 0 Å². The Hall–Kier alpha value is -1.21. The van der Waals surface area contributed by atoms with Gasteiger partial charge in [-0.25, -0.2) is 4.79 Å². The highest BCUT2D eigenvalue weighted by molar-refractivity contribution is 5.68. The van der Waals surface area contributed by atoms with Crippen LogP contribution in [0.4, 0.5) is 4.79 Å². The Bertz CT molecular complexity index is 307. The molecule has 0 unspecified atom stereocenters. The van der Waals surface area contributed by atoms with Crippen LogP contribution < -0.4 is 0 Å². The molecule has 1 amide bonds. The van der Waals surface area contributed by atoms with Crippen LogP contribution in [0.2, 0.25) is 0 Å². The average molecular weight is 252 g/mol. The first-order chi connectivity index (χ1) is 8.42. The monoisotopic (exact) mass is 252 g/mol. The fourth-order valence-electron chi connectivity index (χ4n) is 1.89. The third-order valence-electron chi connectivity index (χ3n) is 2.82. The Morgan fingerprint density at radius 3 is 2.39 bits per heavy atom. The van der Waals surface area contributed by atoms with Crippen molar-refractivity contribution in [3.63, 3.8) is 0 Å². The summed E-state index contributed by atoms with van der Waals surface area (Å²) in [6.45, 7) is 9.98. The lowest BCUT2D eigenvalue weighted by Gasteiger charge is -2.35. The van der Waals surface area contributed by atoms with Crippen LogP contribution >= 0.6 is 0 Å². The first kappa shape index (κ1) is 14.8. The van der Waals surface area contributed by atoms with Crippen molar-refractivity contribution in [1.82, 2.24) is 9.80 Å². The number of carbonyl (C=O) groups is 1. The second-order valence-electron chi connectivity index (χ2n) is 5.62. The molecule has 0 bridgehead atoms. The fraction of sp³-hybridized carbons (Fsp3) is 0.786. The van der Waals surface area contributed by atoms with Gasteiger partial charge in [-0.3, -0.25) is 4.90 Å². The van der Waals surface area contributed by atoms with Crippen molar-refractivity contribution in [2.24, 2.45) is 0 Å². The molecular weight excluding hydrogens is 228 g/mol. The van der Waals surface area contributed by atoms with E-state index in [0.29, 0.717) is 0 Å². The number of amides is 1. The molecule has 18 heavy (non-hydrogen) atoms. The molecule has 0 radical (unpaired) electrons. The first-order valence-corrected chi connectivity index (χ1v) is 6.56. The minimum absolute atomic E-state index is 0.203. The van der Waals surface area contributed by atoms with E-state index in [1.54, 1.807) is 4.90 Å². The van der Waals surface area contributed by atoms with Crippen LogP contribution in [0.3, 0.4) is 0 Å². The minimum atomic E-state index is -0.416. The van der Waals surface area contributed by atoms with E-state index < -0.39 is 5.60 Å². The molecule has 0 N–H and O–H groups in total. The van der Waals surface area contributed by atoms with Gasteiger partial charge >= 0.3 is 6.09 Å². The van der Waals surface area contributed by atoms with E-state index in [9.17, 15) is 4.79 Å². The Morgan fingerprint density at radius 1 is 1.28 bits per heavy atom. The molecule has 1 fully saturated rings. The van der Waals surface area contributed by atoms with Crippen molar-refractivity contribution < 1.29 is 9.53 Å². The highest BCUT2D eigenvalue weighted by Gasteiger charge is 2.25. The predicted octanol–water partition coefficient (Wildman–Crippen LogP) is 1.95. The smallest absolute Gasteiger partial charge is 0.410 e. The van der Waals surface area contributed by atoms with Crippen LogP contribution in [0.1, 0.15) is 33.6 Å². The summed E-state index contributed by atoms with van der Waals surface area (Å²) in [7, 11) is 0. The van der Waals surface area contributed by atoms with E-state index in [-0.39, 0.29) is 6.09 Å². The number of hydrogen-bond acceptors (Lipinski definition) is 3. The minimum Gasteiger partial charge on any atom is -0.444 e. The average Bonchev–Trinajstić information content (AvgIpc) is 2.28. The molecule has 4 heteroatoms. The molecule has 1 saturated heterocycles. The third-order valence-corrected chi connectivity index (χ3v) is 2.82. The number of piperazine rings is 1. The lowest BCUT2D eigenvalue weighted by molar-refractivity contribution is 0.0145. The Labute approximate surface area is 110 Å². The van der Waals surface area contributed by atoms with E-state index in [1.165, 1.54) is 0 Å². The van der Waals surface area contributed by atoms with Gasteiger partial charge < -0.3 is 9.64 Å². The van der Waals surface area contributed by atoms with Gasteiger partial charge in [0.1, 0.15) is 5.60 Å². The molecule has 1 heterocycles. The van der Waals surface area contributed by atoms with Gasteiger partial charge in [0.25, 0.3) is 0 Å². The summed E-state index contributed by atoms with van der Waals surface area (Å²) in [6.07, 6.45) is 6.88. The third kappa shape index (κ3) is 5.42. The number of carbonyl (C=O) groups excluding carboxylic acids is 1. The maximum atomic E-state index is 11.8. The lowest BCUT2D eigenvalue weighted by Crippen LogP contribution is -2.50. The summed E-state index contributed by atoms with van der Waals surface area (Å²) in [5.74, 6) is 2.65. The standard InChI is InChI=1S/C14H24N2O2/c1-5-6-7-8-15-9-11-16(12-10-15)13(17)18-14(2,3)4/h1H,6-12H2,2-4H3. The highest BCUT2D eigenvalue weighted by Crippen LogP contribution is 2.12. The molecule has 1 aliphatic heterocycles. The fourth-order valence-corrected chi connectivity index (χ4v) is 1.89. The van der Waals surface area contributed by atoms with E-state index in [0.717, 1.165) is 45.6 Å². The van der Waals surface area contributed by atoms with Crippen LogP contribution in [0.25, 0.3) is 0 Å². The van der Waals surface area contributed by atoms with Gasteiger partial charge in [-0.15, -0.1) is 12.3 Å². The van der Waals surface area contributed by atoms with Crippen molar-refractivity contribution in [3.05, 3.63) is 0 Å². The zero-order valence-corrected chi connectivity index (χ0v) is 11.7. The second kappa shape index (κ2) is 6.65. The number of unbranched alkanes of at least 4 members (excludes halogenated alkanes) is 1. The molecule has 0 spiro atoms. The molecule has 0 aromatic heterocycles. The molecule has 0 aromatic rings. The predicted molar refractivity (Wildman–Crippen MR) is 72.3 cm³/mol. The number of ether oxygens (including phenoxy) is 1. The summed E-state index contributed by atoms with van der Waals surface area (Å²) in [5, 5.41) is 0. The topological polar surface area (TPSA) is 32.8 Å². The summed E-state index contributed by atoms with van der Waals surface area (Å²) in [6, 6.07) is 0. The zero-order chi connectivity index (χ0) is 13.6. The maximum Gasteiger partial charge on any atom is 0.410 e. The van der Waals surface area contributed by atoms with Crippen LogP contribution in [-0.2, 0) is 4.74 Å². The van der Waals surface area contributed by atoms with E-state index in [2.05, 4.69) is 10.8 Å². The SMILES string of the molecule is C#CCCCN1CCN(C(=O)OC(C)(C)C)CC1. The normalized spacial score (nSPS) is 17.3. The maximum absolute atomic E-state index is 11.8. The van der Waals surface area contributed by atoms with Gasteiger partial charge in [-0.2, -0.15) is 0 Å². The largest absolute Gasteiger partial charge is 0.444 e. The first-order valence-electron chi connectivity index (χ1n) is 6.56. The Kier molecular flexibility index (Phi) is 5.49. The molecule has 4 nitrogen and oxygen atoms in total. The van der Waals surface area contributed by atoms with Gasteiger partial charge in [0, 0.05) is 32.6 Å². The number of rotatable bonds is 3. The van der Waals surface area contributed by atoms with Crippen molar-refractivity contribution in [1.29, 1.82) is 0 Å². The van der Waals surface area contributed by atoms with Gasteiger partial charge in [0.05, 0.1) is 0 Å². The molecule has 0 saturated carbocycles. The summed E-state index contributed by atoms with van der Waals surface area (Å²) >= 11 is 0. The molecule has 0 atom stereocenters. The van der Waals surface area contributed by atoms with Crippen LogP contribution in [0, 0.1) is 12.3 Å². The summed E-state index contributed by atoms with van der Waals surface area (Å²) in [5.41, 5.74) is -0.416. The number of nitrogens with zero attached hydrogens (tertiary/aromatic N) is 2. The van der Waals surface area contributed by atoms with Gasteiger partial charge in [-0.05, 0) is 33.7 Å². The van der Waals surface area contributed by atoms with Crippen molar-refractivity contribution in [2.75, 3.05) is 32.7 Å². The van der Waals surface area contributed by atoms with E-state index >= 15 is 0 Å². The van der Waals surface area contributed by atoms with Crippen molar-refractivity contribution in [2.45, 2.75) is 39.2 Å². The van der Waals surface area contributed by atoms with Crippen molar-refractivity contribution in [3.8, 4) is 12.3 Å². The molecule has 0 aromatic carbocycles. The Balaban J connectivity index is 2.27. The molecule has 0 aliphatic carbocycles. The quantitative estimate of drug-likeness (QED) is 0.568. The molecule has 102 valence electrons. The van der Waals surface area contributed by atoms with E-state index in [4.69, 9.17) is 11.2 Å². The number of terminal acetylenes is 1. The summed E-state index contributed by atoms with van der Waals surface area (Å²) in [4.78, 5) is 16.0. The van der Waals surface area contributed by atoms with Crippen LogP contribution in [-0.4, -0.2) is 54.2 Å². The van der Waals surface area contributed by atoms with Crippen LogP contribution in [0.5, 0.6) is 0 Å². The van der Waals surface area contributed by atoms with E-state index in [1.807, 2.05) is 20.8 Å². The Morgan fingerprint density at radius 2 is 1.89 bits per heavy atom. The second-order valence-corrected chi connectivity index (χ2v) is 5.62. The van der Waals surface area contributed by atoms with Gasteiger partial charge in [-0.1, -0.05) is 0 Å². The summed E-state index contributed by atoms with van der Waals surface area (Å²) < 4.78 is 5.35. The van der Waals surface area contributed by atoms with Gasteiger partial charge in [0.2, 0.25) is 0 Å². The lowest BCUT2D eigenvalue weighted by atomic mass is 10.2. The molecule has 1 rings (SSSR count). The number of hydrogen-bond donors (Lipinski definition) is 0. The van der Waals surface area contributed by atoms with Crippen molar-refractivity contribution >= 4 is 6.09 Å². The zero-order valence-electron chi connectivity index (χ0n) is 11.7.